The Hall–Kier alpha value is -1.61. The molecule has 0 amide bonds. The number of rotatable bonds is 1. The fraction of sp³-hybridized carbons (Fsp3) is 0.368. The molecule has 2 nitrogen and oxygen atoms in total. The van der Waals surface area contributed by atoms with Gasteiger partial charge in [0, 0.05) is 16.6 Å². The Morgan fingerprint density at radius 3 is 2.32 bits per heavy atom. The minimum Gasteiger partial charge on any atom is -0.244 e. The molecule has 2 aromatic carbocycles. The maximum Gasteiger partial charge on any atom is 0.0806 e. The van der Waals surface area contributed by atoms with Crippen molar-refractivity contribution in [2.24, 2.45) is 9.78 Å². The van der Waals surface area contributed by atoms with E-state index in [0.29, 0.717) is 5.75 Å². The molecule has 0 bridgehead atoms. The number of hydrogen-bond donors (Lipinski definition) is 0. The van der Waals surface area contributed by atoms with E-state index < -0.39 is 9.73 Å². The van der Waals surface area contributed by atoms with Crippen molar-refractivity contribution in [3.05, 3.63) is 59.7 Å². The smallest absolute Gasteiger partial charge is 0.0806 e. The molecule has 0 spiro atoms. The van der Waals surface area contributed by atoms with Crippen LogP contribution in [0.15, 0.2) is 57.8 Å². The maximum absolute atomic E-state index is 13.6. The van der Waals surface area contributed by atoms with Gasteiger partial charge in [0.25, 0.3) is 0 Å². The summed E-state index contributed by atoms with van der Waals surface area (Å²) in [4.78, 5) is 0.849. The fourth-order valence-corrected chi connectivity index (χ4v) is 5.54. The molecule has 1 aliphatic heterocycles. The van der Waals surface area contributed by atoms with E-state index >= 15 is 0 Å². The second kappa shape index (κ2) is 5.24. The molecule has 0 saturated carbocycles. The van der Waals surface area contributed by atoms with Crippen molar-refractivity contribution < 1.29 is 4.21 Å². The van der Waals surface area contributed by atoms with E-state index in [1.54, 1.807) is 0 Å². The van der Waals surface area contributed by atoms with Gasteiger partial charge in [-0.15, -0.1) is 0 Å². The number of benzene rings is 2. The van der Waals surface area contributed by atoms with Gasteiger partial charge in [0.1, 0.15) is 0 Å². The molecule has 1 heterocycles. The predicted octanol–water partition coefficient (Wildman–Crippen LogP) is 5.30. The first kappa shape index (κ1) is 15.3. The van der Waals surface area contributed by atoms with E-state index in [9.17, 15) is 4.21 Å². The van der Waals surface area contributed by atoms with Crippen LogP contribution in [0, 0.1) is 12.3 Å². The molecule has 2 atom stereocenters. The molecule has 2 unspecified atom stereocenters. The van der Waals surface area contributed by atoms with Crippen LogP contribution in [0.1, 0.15) is 37.8 Å². The van der Waals surface area contributed by atoms with Crippen molar-refractivity contribution in [3.8, 4) is 0 Å². The second-order valence-electron chi connectivity index (χ2n) is 7.19. The number of fused-ring (bicyclic) bond motifs is 1. The lowest BCUT2D eigenvalue weighted by atomic mass is 9.77. The van der Waals surface area contributed by atoms with Gasteiger partial charge in [-0.05, 0) is 36.1 Å². The molecular formula is C19H23NOS. The fourth-order valence-electron chi connectivity index (χ4n) is 2.99. The predicted molar refractivity (Wildman–Crippen MR) is 93.2 cm³/mol. The number of aryl methyl sites for hydroxylation is 1. The van der Waals surface area contributed by atoms with Gasteiger partial charge in [-0.1, -0.05) is 56.7 Å². The molecule has 0 N–H and O–H groups in total. The van der Waals surface area contributed by atoms with Crippen molar-refractivity contribution >= 4 is 15.4 Å². The van der Waals surface area contributed by atoms with Gasteiger partial charge < -0.3 is 0 Å². The molecule has 0 aromatic heterocycles. The summed E-state index contributed by atoms with van der Waals surface area (Å²) in [6, 6.07) is 16.1. The first-order valence-corrected chi connectivity index (χ1v) is 9.38. The Morgan fingerprint density at radius 1 is 1.05 bits per heavy atom. The molecule has 0 saturated heterocycles. The van der Waals surface area contributed by atoms with Crippen LogP contribution in [0.25, 0.3) is 0 Å². The molecule has 0 fully saturated rings. The van der Waals surface area contributed by atoms with Gasteiger partial charge in [-0.3, -0.25) is 0 Å². The highest BCUT2D eigenvalue weighted by Crippen LogP contribution is 2.45. The standard InChI is InChI=1S/C19H23NOS/c1-14-9-11-15(12-10-14)22(21)13-17(19(2,3)4)16-7-5-6-8-18(16)20-22/h5-12,17H,13H2,1-4H3. The topological polar surface area (TPSA) is 29.4 Å². The lowest BCUT2D eigenvalue weighted by molar-refractivity contribution is 0.341. The van der Waals surface area contributed by atoms with Gasteiger partial charge in [-0.25, -0.2) is 4.21 Å². The van der Waals surface area contributed by atoms with Crippen LogP contribution in [-0.2, 0) is 9.73 Å². The normalized spacial score (nSPS) is 24.5. The van der Waals surface area contributed by atoms with E-state index in [-0.39, 0.29) is 11.3 Å². The van der Waals surface area contributed by atoms with E-state index in [1.165, 1.54) is 11.1 Å². The summed E-state index contributed by atoms with van der Waals surface area (Å²) in [5.74, 6) is 0.839. The monoisotopic (exact) mass is 313 g/mol. The average Bonchev–Trinajstić information content (AvgIpc) is 2.46. The first-order valence-electron chi connectivity index (χ1n) is 7.70. The Balaban J connectivity index is 2.20. The van der Waals surface area contributed by atoms with Gasteiger partial charge in [0.15, 0.2) is 0 Å². The zero-order valence-electron chi connectivity index (χ0n) is 13.7. The SMILES string of the molecule is Cc1ccc(S2(=O)=Nc3ccccc3C(C(C)(C)C)C2)cc1. The Kier molecular flexibility index (Phi) is 3.64. The summed E-state index contributed by atoms with van der Waals surface area (Å²) in [7, 11) is -2.41. The largest absolute Gasteiger partial charge is 0.244 e. The molecule has 3 rings (SSSR count). The highest BCUT2D eigenvalue weighted by molar-refractivity contribution is 7.93. The third-order valence-electron chi connectivity index (χ3n) is 4.39. The van der Waals surface area contributed by atoms with Crippen LogP contribution in [0.3, 0.4) is 0 Å². The molecule has 22 heavy (non-hydrogen) atoms. The van der Waals surface area contributed by atoms with Crippen LogP contribution in [0.2, 0.25) is 0 Å². The van der Waals surface area contributed by atoms with Gasteiger partial charge in [-0.2, -0.15) is 4.36 Å². The van der Waals surface area contributed by atoms with Gasteiger partial charge >= 0.3 is 0 Å². The summed E-state index contributed by atoms with van der Waals surface area (Å²) in [5, 5.41) is 0. The van der Waals surface area contributed by atoms with Crippen LogP contribution in [-0.4, -0.2) is 9.96 Å². The number of nitrogens with zero attached hydrogens (tertiary/aromatic N) is 1. The average molecular weight is 313 g/mol. The lowest BCUT2D eigenvalue weighted by Gasteiger charge is -2.35. The highest BCUT2D eigenvalue weighted by Gasteiger charge is 2.35. The molecule has 2 aromatic rings. The van der Waals surface area contributed by atoms with E-state index in [4.69, 9.17) is 0 Å². The van der Waals surface area contributed by atoms with Gasteiger partial charge in [0.2, 0.25) is 0 Å². The van der Waals surface area contributed by atoms with Crippen molar-refractivity contribution in [1.82, 2.24) is 0 Å². The second-order valence-corrected chi connectivity index (χ2v) is 9.46. The Morgan fingerprint density at radius 2 is 1.68 bits per heavy atom. The van der Waals surface area contributed by atoms with Crippen molar-refractivity contribution in [1.29, 1.82) is 0 Å². The van der Waals surface area contributed by atoms with E-state index in [1.807, 2.05) is 49.4 Å². The molecule has 0 radical (unpaired) electrons. The molecule has 3 heteroatoms. The molecular weight excluding hydrogens is 290 g/mol. The lowest BCUT2D eigenvalue weighted by Crippen LogP contribution is -2.28. The summed E-state index contributed by atoms with van der Waals surface area (Å²) in [6.07, 6.45) is 0. The van der Waals surface area contributed by atoms with Crippen LogP contribution in [0.4, 0.5) is 5.69 Å². The summed E-state index contributed by atoms with van der Waals surface area (Å²) >= 11 is 0. The summed E-state index contributed by atoms with van der Waals surface area (Å²) in [6.45, 7) is 8.69. The minimum absolute atomic E-state index is 0.0550. The van der Waals surface area contributed by atoms with Crippen LogP contribution < -0.4 is 0 Å². The third kappa shape index (κ3) is 2.70. The zero-order valence-corrected chi connectivity index (χ0v) is 14.5. The molecule has 0 aliphatic carbocycles. The Bertz CT molecular complexity index is 806. The van der Waals surface area contributed by atoms with Crippen LogP contribution in [0.5, 0.6) is 0 Å². The van der Waals surface area contributed by atoms with Gasteiger partial charge in [0.05, 0.1) is 15.4 Å². The van der Waals surface area contributed by atoms with Crippen LogP contribution >= 0.6 is 0 Å². The zero-order chi connectivity index (χ0) is 16.0. The maximum atomic E-state index is 13.6. The first-order chi connectivity index (χ1) is 10.3. The minimum atomic E-state index is -2.41. The summed E-state index contributed by atoms with van der Waals surface area (Å²) < 4.78 is 18.2. The highest BCUT2D eigenvalue weighted by atomic mass is 32.2. The number of hydrogen-bond acceptors (Lipinski definition) is 2. The van der Waals surface area contributed by atoms with Crippen molar-refractivity contribution in [2.75, 3.05) is 5.75 Å². The quantitative estimate of drug-likeness (QED) is 0.702. The molecule has 1 aliphatic rings. The van der Waals surface area contributed by atoms with Crippen molar-refractivity contribution in [2.45, 2.75) is 38.5 Å². The Labute approximate surface area is 133 Å². The van der Waals surface area contributed by atoms with E-state index in [2.05, 4.69) is 31.2 Å². The molecule has 116 valence electrons. The summed E-state index contributed by atoms with van der Waals surface area (Å²) in [5.41, 5.74) is 3.34. The van der Waals surface area contributed by atoms with E-state index in [0.717, 1.165) is 10.6 Å². The van der Waals surface area contributed by atoms with Crippen molar-refractivity contribution in [3.63, 3.8) is 0 Å². The third-order valence-corrected chi connectivity index (χ3v) is 6.67.